The van der Waals surface area contributed by atoms with Gasteiger partial charge in [-0.25, -0.2) is 0 Å². The molecule has 5 aromatic rings. The van der Waals surface area contributed by atoms with E-state index in [2.05, 4.69) is 136 Å². The molecule has 0 aliphatic rings. The van der Waals surface area contributed by atoms with E-state index in [1.165, 1.54) is 60.1 Å². The van der Waals surface area contributed by atoms with Gasteiger partial charge in [0, 0.05) is 11.8 Å². The Morgan fingerprint density at radius 2 is 1.11 bits per heavy atom. The molecule has 0 atom stereocenters. The van der Waals surface area contributed by atoms with Crippen LogP contribution in [0.25, 0.3) is 32.3 Å². The fourth-order valence-electron chi connectivity index (χ4n) is 5.72. The van der Waals surface area contributed by atoms with Crippen LogP contribution in [-0.2, 0) is 10.8 Å². The van der Waals surface area contributed by atoms with E-state index >= 15 is 0 Å². The lowest BCUT2D eigenvalue weighted by Gasteiger charge is -2.24. The van der Waals surface area contributed by atoms with Gasteiger partial charge in [0.1, 0.15) is 0 Å². The van der Waals surface area contributed by atoms with Gasteiger partial charge >= 0.3 is 0 Å². The summed E-state index contributed by atoms with van der Waals surface area (Å²) >= 11 is 0. The van der Waals surface area contributed by atoms with Crippen molar-refractivity contribution in [2.45, 2.75) is 91.9 Å². The third kappa shape index (κ3) is 4.62. The number of rotatable bonds is 4. The van der Waals surface area contributed by atoms with E-state index < -0.39 is 0 Å². The maximum atomic E-state index is 5.27. The predicted molar refractivity (Wildman–Crippen MR) is 169 cm³/mol. The number of nitrogens with zero attached hydrogens (tertiary/aromatic N) is 1. The molecule has 196 valence electrons. The Morgan fingerprint density at radius 3 is 1.63 bits per heavy atom. The van der Waals surface area contributed by atoms with Crippen molar-refractivity contribution < 1.29 is 0 Å². The van der Waals surface area contributed by atoms with Gasteiger partial charge in [-0.3, -0.25) is 4.99 Å². The molecule has 1 nitrogen and oxygen atoms in total. The average Bonchev–Trinajstić information content (AvgIpc) is 2.84. The Kier molecular flexibility index (Phi) is 6.41. The van der Waals surface area contributed by atoms with Crippen molar-refractivity contribution in [2.24, 2.45) is 4.99 Å². The second-order valence-electron chi connectivity index (χ2n) is 13.8. The third-order valence-corrected chi connectivity index (χ3v) is 8.09. The van der Waals surface area contributed by atoms with E-state index in [9.17, 15) is 0 Å². The molecule has 5 aromatic carbocycles. The molecule has 0 aromatic heterocycles. The minimum atomic E-state index is 0.0628. The molecule has 0 aliphatic heterocycles. The fraction of sp³-hybridized carbons (Fsp3) is 0.378. The first-order valence-corrected chi connectivity index (χ1v) is 14.2. The Balaban J connectivity index is 1.86. The van der Waals surface area contributed by atoms with Gasteiger partial charge in [-0.15, -0.1) is 0 Å². The standard InChI is InChI=1S/C37H43N/c1-22(2)30-12-11-13-31(23(3)4)35(30)38-21-27-16-26-19-28(36(5,6)7)17-24-14-15-25-18-29(37(8,9)10)20-32(27)34(25)33(24)26/h11-23H,1-10H3. The molecule has 0 unspecified atom stereocenters. The Morgan fingerprint density at radius 1 is 0.605 bits per heavy atom. The van der Waals surface area contributed by atoms with E-state index in [-0.39, 0.29) is 10.8 Å². The van der Waals surface area contributed by atoms with E-state index in [1.807, 2.05) is 0 Å². The summed E-state index contributed by atoms with van der Waals surface area (Å²) in [5.74, 6) is 0.835. The van der Waals surface area contributed by atoms with Gasteiger partial charge in [-0.05, 0) is 89.4 Å². The van der Waals surface area contributed by atoms with Gasteiger partial charge in [0.15, 0.2) is 0 Å². The van der Waals surface area contributed by atoms with Crippen LogP contribution >= 0.6 is 0 Å². The van der Waals surface area contributed by atoms with Gasteiger partial charge in [-0.1, -0.05) is 118 Å². The molecule has 1 heteroatoms. The molecule has 0 heterocycles. The molecule has 0 bridgehead atoms. The summed E-state index contributed by atoms with van der Waals surface area (Å²) in [6, 6.07) is 23.3. The number of hydrogen-bond donors (Lipinski definition) is 0. The van der Waals surface area contributed by atoms with Crippen molar-refractivity contribution in [1.82, 2.24) is 0 Å². The summed E-state index contributed by atoms with van der Waals surface area (Å²) in [5.41, 5.74) is 7.83. The second-order valence-corrected chi connectivity index (χ2v) is 13.8. The van der Waals surface area contributed by atoms with Crippen LogP contribution in [-0.4, -0.2) is 6.21 Å². The first-order chi connectivity index (χ1) is 17.8. The van der Waals surface area contributed by atoms with Gasteiger partial charge in [0.2, 0.25) is 0 Å². The maximum Gasteiger partial charge on any atom is 0.0699 e. The van der Waals surface area contributed by atoms with Crippen LogP contribution in [0, 0.1) is 0 Å². The summed E-state index contributed by atoms with van der Waals surface area (Å²) in [7, 11) is 0. The van der Waals surface area contributed by atoms with E-state index in [1.54, 1.807) is 0 Å². The second kappa shape index (κ2) is 9.23. The quantitative estimate of drug-likeness (QED) is 0.171. The van der Waals surface area contributed by atoms with Crippen LogP contribution in [0.5, 0.6) is 0 Å². The lowest BCUT2D eigenvalue weighted by Crippen LogP contribution is -2.12. The summed E-state index contributed by atoms with van der Waals surface area (Å²) in [6.07, 6.45) is 2.14. The number of aliphatic imine (C=N–C) groups is 1. The highest BCUT2D eigenvalue weighted by Crippen LogP contribution is 2.41. The van der Waals surface area contributed by atoms with Crippen LogP contribution in [0.15, 0.2) is 65.7 Å². The van der Waals surface area contributed by atoms with Crippen molar-refractivity contribution in [2.75, 3.05) is 0 Å². The van der Waals surface area contributed by atoms with Gasteiger partial charge < -0.3 is 0 Å². The Bertz CT molecular complexity index is 1640. The largest absolute Gasteiger partial charge is 0.256 e. The predicted octanol–water partition coefficient (Wildman–Crippen LogP) is 11.2. The van der Waals surface area contributed by atoms with E-state index in [0.717, 1.165) is 5.69 Å². The van der Waals surface area contributed by atoms with E-state index in [0.29, 0.717) is 11.8 Å². The van der Waals surface area contributed by atoms with E-state index in [4.69, 9.17) is 4.99 Å². The van der Waals surface area contributed by atoms with Crippen molar-refractivity contribution in [3.63, 3.8) is 0 Å². The van der Waals surface area contributed by atoms with Crippen molar-refractivity contribution >= 4 is 44.2 Å². The zero-order valence-corrected chi connectivity index (χ0v) is 25.0. The molecule has 5 rings (SSSR count). The summed E-state index contributed by atoms with van der Waals surface area (Å²) < 4.78 is 0. The number of para-hydroxylation sites is 1. The van der Waals surface area contributed by atoms with Crippen LogP contribution in [0.3, 0.4) is 0 Å². The molecule has 38 heavy (non-hydrogen) atoms. The molecular weight excluding hydrogens is 458 g/mol. The molecule has 0 saturated carbocycles. The van der Waals surface area contributed by atoms with Crippen LogP contribution in [0.4, 0.5) is 5.69 Å². The zero-order valence-electron chi connectivity index (χ0n) is 25.0. The highest BCUT2D eigenvalue weighted by Gasteiger charge is 2.21. The average molecular weight is 502 g/mol. The first kappa shape index (κ1) is 26.4. The SMILES string of the molecule is CC(C)c1cccc(C(C)C)c1N=Cc1cc2cc(C(C)(C)C)cc3ccc4cc(C(C)(C)C)cc1c4c32. The minimum absolute atomic E-state index is 0.0628. The summed E-state index contributed by atoms with van der Waals surface area (Å²) in [5, 5.41) is 7.96. The lowest BCUT2D eigenvalue weighted by molar-refractivity contribution is 0.591. The zero-order chi connectivity index (χ0) is 27.6. The highest BCUT2D eigenvalue weighted by atomic mass is 14.7. The summed E-state index contributed by atoms with van der Waals surface area (Å²) in [4.78, 5) is 5.27. The smallest absolute Gasteiger partial charge is 0.0699 e. The molecule has 0 fully saturated rings. The number of hydrogen-bond acceptors (Lipinski definition) is 1. The minimum Gasteiger partial charge on any atom is -0.256 e. The number of benzene rings is 5. The molecular formula is C37H43N. The Hall–Kier alpha value is -3.19. The first-order valence-electron chi connectivity index (χ1n) is 14.2. The highest BCUT2D eigenvalue weighted by molar-refractivity contribution is 6.26. The van der Waals surface area contributed by atoms with Gasteiger partial charge in [0.25, 0.3) is 0 Å². The van der Waals surface area contributed by atoms with Crippen LogP contribution in [0.1, 0.15) is 109 Å². The topological polar surface area (TPSA) is 12.4 Å². The molecule has 0 radical (unpaired) electrons. The van der Waals surface area contributed by atoms with Crippen molar-refractivity contribution in [3.8, 4) is 0 Å². The maximum absolute atomic E-state index is 5.27. The normalized spacial score (nSPS) is 13.4. The van der Waals surface area contributed by atoms with Crippen LogP contribution < -0.4 is 0 Å². The Labute approximate surface area is 229 Å². The lowest BCUT2D eigenvalue weighted by atomic mass is 9.80. The molecule has 0 amide bonds. The third-order valence-electron chi connectivity index (χ3n) is 8.09. The van der Waals surface area contributed by atoms with Crippen LogP contribution in [0.2, 0.25) is 0 Å². The molecule has 0 saturated heterocycles. The monoisotopic (exact) mass is 501 g/mol. The molecule has 0 N–H and O–H groups in total. The van der Waals surface area contributed by atoms with Gasteiger partial charge in [0.05, 0.1) is 5.69 Å². The van der Waals surface area contributed by atoms with Gasteiger partial charge in [-0.2, -0.15) is 0 Å². The molecule has 0 aliphatic carbocycles. The fourth-order valence-corrected chi connectivity index (χ4v) is 5.72. The summed E-state index contributed by atoms with van der Waals surface area (Å²) in [6.45, 7) is 22.9. The van der Waals surface area contributed by atoms with Crippen molar-refractivity contribution in [3.05, 3.63) is 88.5 Å². The van der Waals surface area contributed by atoms with Crippen molar-refractivity contribution in [1.29, 1.82) is 0 Å². The molecule has 0 spiro atoms.